The first kappa shape index (κ1) is 13.9. The molecule has 1 aromatic rings. The number of halogens is 2. The molecule has 6 heteroatoms. The summed E-state index contributed by atoms with van der Waals surface area (Å²) in [6.45, 7) is 4.81. The van der Waals surface area contributed by atoms with E-state index in [1.165, 1.54) is 6.07 Å². The lowest BCUT2D eigenvalue weighted by Gasteiger charge is -2.16. The van der Waals surface area contributed by atoms with Crippen molar-refractivity contribution in [3.8, 4) is 0 Å². The molecule has 5 N–H and O–H groups in total. The standard InChI is InChI=1S/C11H17ClFN3O/c1-3-17-6(2)5-16-11-8(15)4-7(14)9(12)10(11)13/h4,6,16H,3,5,14-15H2,1-2H3. The van der Waals surface area contributed by atoms with Gasteiger partial charge in [-0.25, -0.2) is 4.39 Å². The quantitative estimate of drug-likeness (QED) is 0.712. The predicted molar refractivity (Wildman–Crippen MR) is 69.8 cm³/mol. The Morgan fingerprint density at radius 2 is 2.12 bits per heavy atom. The average Bonchev–Trinajstić information content (AvgIpc) is 2.26. The van der Waals surface area contributed by atoms with Crippen LogP contribution in [0.2, 0.25) is 5.02 Å². The van der Waals surface area contributed by atoms with Crippen LogP contribution in [-0.2, 0) is 4.74 Å². The highest BCUT2D eigenvalue weighted by Crippen LogP contribution is 2.33. The van der Waals surface area contributed by atoms with Crippen molar-refractivity contribution < 1.29 is 9.13 Å². The maximum atomic E-state index is 13.8. The van der Waals surface area contributed by atoms with Crippen molar-refractivity contribution in [3.05, 3.63) is 16.9 Å². The Labute approximate surface area is 105 Å². The van der Waals surface area contributed by atoms with Crippen LogP contribution in [0, 0.1) is 5.82 Å². The molecule has 0 fully saturated rings. The van der Waals surface area contributed by atoms with Gasteiger partial charge in [0.05, 0.1) is 23.2 Å². The van der Waals surface area contributed by atoms with Crippen LogP contribution in [0.4, 0.5) is 21.5 Å². The first-order valence-corrected chi connectivity index (χ1v) is 5.73. The highest BCUT2D eigenvalue weighted by atomic mass is 35.5. The number of benzene rings is 1. The minimum Gasteiger partial charge on any atom is -0.397 e. The number of nitrogen functional groups attached to an aromatic ring is 2. The van der Waals surface area contributed by atoms with E-state index in [2.05, 4.69) is 5.32 Å². The molecule has 0 amide bonds. The van der Waals surface area contributed by atoms with Gasteiger partial charge in [-0.05, 0) is 19.9 Å². The fourth-order valence-corrected chi connectivity index (χ4v) is 1.58. The highest BCUT2D eigenvalue weighted by Gasteiger charge is 2.14. The van der Waals surface area contributed by atoms with E-state index < -0.39 is 5.82 Å². The fourth-order valence-electron chi connectivity index (χ4n) is 1.44. The molecule has 0 aliphatic heterocycles. The van der Waals surface area contributed by atoms with Crippen LogP contribution in [0.25, 0.3) is 0 Å². The van der Waals surface area contributed by atoms with Gasteiger partial charge in [0.2, 0.25) is 0 Å². The molecular weight excluding hydrogens is 245 g/mol. The average molecular weight is 262 g/mol. The van der Waals surface area contributed by atoms with Crippen molar-refractivity contribution >= 4 is 28.7 Å². The zero-order chi connectivity index (χ0) is 13.0. The van der Waals surface area contributed by atoms with Gasteiger partial charge in [0, 0.05) is 13.2 Å². The first-order valence-electron chi connectivity index (χ1n) is 5.35. The van der Waals surface area contributed by atoms with Gasteiger partial charge in [-0.3, -0.25) is 0 Å². The lowest BCUT2D eigenvalue weighted by atomic mass is 10.2. The maximum absolute atomic E-state index is 13.8. The maximum Gasteiger partial charge on any atom is 0.169 e. The molecule has 0 bridgehead atoms. The zero-order valence-electron chi connectivity index (χ0n) is 9.89. The summed E-state index contributed by atoms with van der Waals surface area (Å²) in [6.07, 6.45) is -0.0462. The number of hydrogen-bond donors (Lipinski definition) is 3. The van der Waals surface area contributed by atoms with Crippen LogP contribution < -0.4 is 16.8 Å². The van der Waals surface area contributed by atoms with Gasteiger partial charge < -0.3 is 21.5 Å². The minimum atomic E-state index is -0.632. The van der Waals surface area contributed by atoms with Crippen LogP contribution in [-0.4, -0.2) is 19.3 Å². The molecule has 1 atom stereocenters. The van der Waals surface area contributed by atoms with Crippen molar-refractivity contribution in [2.75, 3.05) is 29.9 Å². The molecule has 1 unspecified atom stereocenters. The lowest BCUT2D eigenvalue weighted by Crippen LogP contribution is -2.21. The second kappa shape index (κ2) is 5.93. The number of nitrogens with two attached hydrogens (primary N) is 2. The van der Waals surface area contributed by atoms with E-state index in [1.807, 2.05) is 13.8 Å². The molecule has 0 saturated heterocycles. The highest BCUT2D eigenvalue weighted by molar-refractivity contribution is 6.33. The van der Waals surface area contributed by atoms with Crippen molar-refractivity contribution in [2.45, 2.75) is 20.0 Å². The van der Waals surface area contributed by atoms with Gasteiger partial charge in [0.1, 0.15) is 5.02 Å². The molecule has 96 valence electrons. The molecule has 17 heavy (non-hydrogen) atoms. The lowest BCUT2D eigenvalue weighted by molar-refractivity contribution is 0.0855. The summed E-state index contributed by atoms with van der Waals surface area (Å²) >= 11 is 5.70. The van der Waals surface area contributed by atoms with Crippen LogP contribution in [0.3, 0.4) is 0 Å². The molecule has 0 heterocycles. The number of nitrogens with one attached hydrogen (secondary N) is 1. The Bertz CT molecular complexity index is 401. The van der Waals surface area contributed by atoms with E-state index in [9.17, 15) is 4.39 Å². The molecule has 0 saturated carbocycles. The number of anilines is 3. The number of rotatable bonds is 5. The fraction of sp³-hybridized carbons (Fsp3) is 0.455. The van der Waals surface area contributed by atoms with E-state index in [0.29, 0.717) is 13.2 Å². The van der Waals surface area contributed by atoms with Crippen LogP contribution in [0.15, 0.2) is 6.07 Å². The smallest absolute Gasteiger partial charge is 0.169 e. The Morgan fingerprint density at radius 1 is 1.47 bits per heavy atom. The zero-order valence-corrected chi connectivity index (χ0v) is 10.6. The Kier molecular flexibility index (Phi) is 4.84. The van der Waals surface area contributed by atoms with Gasteiger partial charge in [-0.1, -0.05) is 11.6 Å². The Balaban J connectivity index is 2.81. The third-order valence-electron chi connectivity index (χ3n) is 2.28. The SMILES string of the molecule is CCOC(C)CNc1c(N)cc(N)c(Cl)c1F. The van der Waals surface area contributed by atoms with E-state index >= 15 is 0 Å². The number of hydrogen-bond acceptors (Lipinski definition) is 4. The van der Waals surface area contributed by atoms with Gasteiger partial charge in [-0.2, -0.15) is 0 Å². The van der Waals surface area contributed by atoms with Gasteiger partial charge in [-0.15, -0.1) is 0 Å². The molecule has 0 spiro atoms. The molecule has 1 aromatic carbocycles. The van der Waals surface area contributed by atoms with E-state index in [1.54, 1.807) is 0 Å². The Hall–Kier alpha value is -1.20. The van der Waals surface area contributed by atoms with Crippen molar-refractivity contribution in [1.82, 2.24) is 0 Å². The molecule has 0 radical (unpaired) electrons. The topological polar surface area (TPSA) is 73.3 Å². The molecule has 0 aliphatic rings. The Morgan fingerprint density at radius 3 is 2.71 bits per heavy atom. The van der Waals surface area contributed by atoms with Crippen molar-refractivity contribution in [2.24, 2.45) is 0 Å². The molecule has 0 aromatic heterocycles. The van der Waals surface area contributed by atoms with Gasteiger partial charge in [0.25, 0.3) is 0 Å². The summed E-state index contributed by atoms with van der Waals surface area (Å²) in [7, 11) is 0. The van der Waals surface area contributed by atoms with Crippen LogP contribution in [0.5, 0.6) is 0 Å². The molecule has 1 rings (SSSR count). The predicted octanol–water partition coefficient (Wildman–Crippen LogP) is 2.48. The molecular formula is C11H17ClFN3O. The summed E-state index contributed by atoms with van der Waals surface area (Å²) in [5.41, 5.74) is 11.7. The molecule has 4 nitrogen and oxygen atoms in total. The summed E-state index contributed by atoms with van der Waals surface area (Å²) in [5.74, 6) is -0.632. The molecule has 0 aliphatic carbocycles. The van der Waals surface area contributed by atoms with Gasteiger partial charge in [0.15, 0.2) is 5.82 Å². The summed E-state index contributed by atoms with van der Waals surface area (Å²) < 4.78 is 19.1. The van der Waals surface area contributed by atoms with Crippen molar-refractivity contribution in [1.29, 1.82) is 0 Å². The van der Waals surface area contributed by atoms with E-state index in [4.69, 9.17) is 27.8 Å². The first-order chi connectivity index (χ1) is 7.97. The largest absolute Gasteiger partial charge is 0.397 e. The monoisotopic (exact) mass is 261 g/mol. The number of ether oxygens (including phenoxy) is 1. The third-order valence-corrected chi connectivity index (χ3v) is 2.67. The normalized spacial score (nSPS) is 12.5. The summed E-state index contributed by atoms with van der Waals surface area (Å²) in [5, 5.41) is 2.75. The van der Waals surface area contributed by atoms with E-state index in [-0.39, 0.29) is 28.2 Å². The van der Waals surface area contributed by atoms with E-state index in [0.717, 1.165) is 0 Å². The van der Waals surface area contributed by atoms with Crippen molar-refractivity contribution in [3.63, 3.8) is 0 Å². The summed E-state index contributed by atoms with van der Waals surface area (Å²) in [6, 6.07) is 1.43. The second-order valence-corrected chi connectivity index (χ2v) is 4.08. The van der Waals surface area contributed by atoms with Gasteiger partial charge >= 0.3 is 0 Å². The summed E-state index contributed by atoms with van der Waals surface area (Å²) in [4.78, 5) is 0. The van der Waals surface area contributed by atoms with Crippen LogP contribution >= 0.6 is 11.6 Å². The minimum absolute atomic E-state index is 0.0462. The van der Waals surface area contributed by atoms with Crippen LogP contribution in [0.1, 0.15) is 13.8 Å². The third kappa shape index (κ3) is 3.38. The second-order valence-electron chi connectivity index (χ2n) is 3.70.